The molecule has 0 unspecified atom stereocenters. The zero-order chi connectivity index (χ0) is 11.0. The van der Waals surface area contributed by atoms with Crippen molar-refractivity contribution in [2.24, 2.45) is 0 Å². The molecule has 2 aromatic carbocycles. The zero-order valence-electron chi connectivity index (χ0n) is 9.01. The molecule has 0 saturated carbocycles. The van der Waals surface area contributed by atoms with Crippen LogP contribution in [0.3, 0.4) is 0 Å². The fraction of sp³-hybridized carbons (Fsp3) is 0.143. The molecule has 2 heteroatoms. The van der Waals surface area contributed by atoms with E-state index in [1.165, 1.54) is 20.9 Å². The lowest BCUT2D eigenvalue weighted by molar-refractivity contribution is 1.27. The molecular formula is C14H12S2. The van der Waals surface area contributed by atoms with Gasteiger partial charge in [0.25, 0.3) is 0 Å². The summed E-state index contributed by atoms with van der Waals surface area (Å²) >= 11 is 3.92. The number of hydrogen-bond donors (Lipinski definition) is 0. The first-order valence-corrected chi connectivity index (χ1v) is 7.08. The molecule has 0 saturated heterocycles. The van der Waals surface area contributed by atoms with E-state index in [-0.39, 0.29) is 0 Å². The van der Waals surface area contributed by atoms with Gasteiger partial charge in [0.15, 0.2) is 0 Å². The lowest BCUT2D eigenvalue weighted by Crippen LogP contribution is -1.84. The standard InChI is InChI=1S/C14H12S2/c1-10-6-8-11(9-7-10)14-15-12-4-2-3-5-13(12)16-14/h2-9,14H,1H3. The molecule has 0 spiro atoms. The van der Waals surface area contributed by atoms with Crippen molar-refractivity contribution in [1.29, 1.82) is 0 Å². The van der Waals surface area contributed by atoms with Gasteiger partial charge in [-0.05, 0) is 24.6 Å². The Labute approximate surface area is 104 Å². The maximum atomic E-state index is 2.24. The predicted molar refractivity (Wildman–Crippen MR) is 72.1 cm³/mol. The van der Waals surface area contributed by atoms with Crippen molar-refractivity contribution in [2.75, 3.05) is 0 Å². The first-order valence-electron chi connectivity index (χ1n) is 5.32. The SMILES string of the molecule is Cc1ccc(C2Sc3ccccc3S2)cc1. The Morgan fingerprint density at radius 1 is 0.812 bits per heavy atom. The molecule has 3 rings (SSSR count). The van der Waals surface area contributed by atoms with Crippen molar-refractivity contribution in [3.8, 4) is 0 Å². The number of thioether (sulfide) groups is 2. The van der Waals surface area contributed by atoms with Crippen LogP contribution in [0.25, 0.3) is 0 Å². The third-order valence-corrected chi connectivity index (χ3v) is 5.57. The summed E-state index contributed by atoms with van der Waals surface area (Å²) in [6.45, 7) is 2.13. The Hall–Kier alpha value is -0.860. The molecule has 0 N–H and O–H groups in total. The molecule has 0 amide bonds. The summed E-state index contributed by atoms with van der Waals surface area (Å²) in [6, 6.07) is 17.5. The Morgan fingerprint density at radius 3 is 1.94 bits per heavy atom. The first kappa shape index (κ1) is 10.3. The monoisotopic (exact) mass is 244 g/mol. The summed E-state index contributed by atoms with van der Waals surface area (Å²) in [5.41, 5.74) is 2.74. The van der Waals surface area contributed by atoms with Crippen LogP contribution in [-0.4, -0.2) is 0 Å². The van der Waals surface area contributed by atoms with Crippen molar-refractivity contribution in [2.45, 2.75) is 21.3 Å². The molecule has 1 aliphatic heterocycles. The van der Waals surface area contributed by atoms with Gasteiger partial charge < -0.3 is 0 Å². The topological polar surface area (TPSA) is 0 Å². The van der Waals surface area contributed by atoms with Crippen LogP contribution in [0.5, 0.6) is 0 Å². The smallest absolute Gasteiger partial charge is 0.0846 e. The summed E-state index contributed by atoms with van der Waals surface area (Å²) < 4.78 is 0.526. The second-order valence-electron chi connectivity index (χ2n) is 3.93. The average Bonchev–Trinajstić information content (AvgIpc) is 2.73. The van der Waals surface area contributed by atoms with Gasteiger partial charge in [0, 0.05) is 9.79 Å². The van der Waals surface area contributed by atoms with Crippen LogP contribution in [0.15, 0.2) is 58.3 Å². The molecule has 0 bridgehead atoms. The van der Waals surface area contributed by atoms with E-state index in [0.29, 0.717) is 4.58 Å². The molecule has 0 atom stereocenters. The number of hydrogen-bond acceptors (Lipinski definition) is 2. The highest BCUT2D eigenvalue weighted by molar-refractivity contribution is 8.18. The van der Waals surface area contributed by atoms with Crippen molar-refractivity contribution in [1.82, 2.24) is 0 Å². The number of fused-ring (bicyclic) bond motifs is 1. The Morgan fingerprint density at radius 2 is 1.38 bits per heavy atom. The first-order chi connectivity index (χ1) is 7.83. The third kappa shape index (κ3) is 1.87. The summed E-state index contributed by atoms with van der Waals surface area (Å²) in [6.07, 6.45) is 0. The van der Waals surface area contributed by atoms with Crippen LogP contribution in [0.1, 0.15) is 15.7 Å². The van der Waals surface area contributed by atoms with Crippen LogP contribution in [0, 0.1) is 6.92 Å². The summed E-state index contributed by atoms with van der Waals surface area (Å²) in [5.74, 6) is 0. The van der Waals surface area contributed by atoms with Crippen LogP contribution in [0.4, 0.5) is 0 Å². The Balaban J connectivity index is 1.88. The highest BCUT2D eigenvalue weighted by Crippen LogP contribution is 2.56. The molecule has 0 aliphatic carbocycles. The summed E-state index contributed by atoms with van der Waals surface area (Å²) in [5, 5.41) is 0. The third-order valence-electron chi connectivity index (χ3n) is 2.67. The molecule has 80 valence electrons. The highest BCUT2D eigenvalue weighted by Gasteiger charge is 2.23. The van der Waals surface area contributed by atoms with Gasteiger partial charge >= 0.3 is 0 Å². The quantitative estimate of drug-likeness (QED) is 0.700. The van der Waals surface area contributed by atoms with Crippen LogP contribution in [-0.2, 0) is 0 Å². The number of rotatable bonds is 1. The number of benzene rings is 2. The van der Waals surface area contributed by atoms with E-state index in [9.17, 15) is 0 Å². The Kier molecular flexibility index (Phi) is 2.70. The summed E-state index contributed by atoms with van der Waals surface area (Å²) in [4.78, 5) is 2.83. The maximum Gasteiger partial charge on any atom is 0.0846 e. The second kappa shape index (κ2) is 4.19. The van der Waals surface area contributed by atoms with Crippen molar-refractivity contribution < 1.29 is 0 Å². The van der Waals surface area contributed by atoms with Gasteiger partial charge in [-0.2, -0.15) is 0 Å². The van der Waals surface area contributed by atoms with Crippen LogP contribution < -0.4 is 0 Å². The molecule has 2 aromatic rings. The molecule has 0 aromatic heterocycles. The normalized spacial score (nSPS) is 15.1. The molecule has 0 nitrogen and oxygen atoms in total. The fourth-order valence-corrected chi connectivity index (χ4v) is 4.59. The van der Waals surface area contributed by atoms with Gasteiger partial charge in [-0.3, -0.25) is 0 Å². The van der Waals surface area contributed by atoms with E-state index < -0.39 is 0 Å². The van der Waals surface area contributed by atoms with Gasteiger partial charge in [-0.1, -0.05) is 42.0 Å². The van der Waals surface area contributed by atoms with E-state index >= 15 is 0 Å². The minimum atomic E-state index is 0.526. The van der Waals surface area contributed by atoms with Crippen LogP contribution >= 0.6 is 23.5 Å². The lowest BCUT2D eigenvalue weighted by Gasteiger charge is -2.07. The summed E-state index contributed by atoms with van der Waals surface area (Å²) in [7, 11) is 0. The largest absolute Gasteiger partial charge is 0.105 e. The molecule has 0 fully saturated rings. The lowest BCUT2D eigenvalue weighted by atomic mass is 10.2. The number of aryl methyl sites for hydroxylation is 1. The highest BCUT2D eigenvalue weighted by atomic mass is 32.2. The van der Waals surface area contributed by atoms with Gasteiger partial charge in [0.2, 0.25) is 0 Å². The molecule has 16 heavy (non-hydrogen) atoms. The van der Waals surface area contributed by atoms with E-state index in [4.69, 9.17) is 0 Å². The van der Waals surface area contributed by atoms with Gasteiger partial charge in [0.1, 0.15) is 0 Å². The molecule has 1 aliphatic rings. The Bertz CT molecular complexity index is 477. The molecule has 1 heterocycles. The van der Waals surface area contributed by atoms with Crippen LogP contribution in [0.2, 0.25) is 0 Å². The van der Waals surface area contributed by atoms with E-state index in [0.717, 1.165) is 0 Å². The minimum absolute atomic E-state index is 0.526. The fourth-order valence-electron chi connectivity index (χ4n) is 1.76. The molecule has 0 radical (unpaired) electrons. The van der Waals surface area contributed by atoms with E-state index in [2.05, 4.69) is 55.5 Å². The second-order valence-corrected chi connectivity index (χ2v) is 6.52. The van der Waals surface area contributed by atoms with Crippen molar-refractivity contribution >= 4 is 23.5 Å². The minimum Gasteiger partial charge on any atom is -0.105 e. The maximum absolute atomic E-state index is 2.24. The van der Waals surface area contributed by atoms with Crippen molar-refractivity contribution in [3.63, 3.8) is 0 Å². The predicted octanol–water partition coefficient (Wildman–Crippen LogP) is 4.89. The van der Waals surface area contributed by atoms with Crippen molar-refractivity contribution in [3.05, 3.63) is 59.7 Å². The van der Waals surface area contributed by atoms with Gasteiger partial charge in [0.05, 0.1) is 4.58 Å². The van der Waals surface area contributed by atoms with Gasteiger partial charge in [-0.15, -0.1) is 23.5 Å². The average molecular weight is 244 g/mol. The van der Waals surface area contributed by atoms with E-state index in [1.54, 1.807) is 0 Å². The van der Waals surface area contributed by atoms with E-state index in [1.807, 2.05) is 23.5 Å². The molecular weight excluding hydrogens is 232 g/mol. The zero-order valence-corrected chi connectivity index (χ0v) is 10.6. The van der Waals surface area contributed by atoms with Gasteiger partial charge in [-0.25, -0.2) is 0 Å².